The van der Waals surface area contributed by atoms with Gasteiger partial charge in [0, 0.05) is 45.2 Å². The van der Waals surface area contributed by atoms with Gasteiger partial charge in [0.15, 0.2) is 0 Å². The van der Waals surface area contributed by atoms with Gasteiger partial charge < -0.3 is 14.2 Å². The van der Waals surface area contributed by atoms with Gasteiger partial charge in [0.1, 0.15) is 6.61 Å². The summed E-state index contributed by atoms with van der Waals surface area (Å²) in [6.45, 7) is 68.8. The van der Waals surface area contributed by atoms with Gasteiger partial charge in [0.2, 0.25) is 5.92 Å². The third kappa shape index (κ3) is 97.7. The Morgan fingerprint density at radius 1 is 0.618 bits per heavy atom. The van der Waals surface area contributed by atoms with Gasteiger partial charge in [0.25, 0.3) is 5.69 Å². The van der Waals surface area contributed by atoms with Crippen molar-refractivity contribution >= 4 is 52.8 Å². The number of rotatable bonds is 22. The quantitative estimate of drug-likeness (QED) is 0.0213. The average Bonchev–Trinajstić information content (AvgIpc) is 3.41. The predicted octanol–water partition coefficient (Wildman–Crippen LogP) is 23.9. The van der Waals surface area contributed by atoms with Crippen LogP contribution in [0, 0.1) is 69.3 Å². The zero-order valence-electron chi connectivity index (χ0n) is 62.0. The van der Waals surface area contributed by atoms with Crippen molar-refractivity contribution in [2.45, 2.75) is 270 Å². The fourth-order valence-corrected chi connectivity index (χ4v) is 6.10. The highest BCUT2D eigenvalue weighted by Gasteiger charge is 2.25. The second-order valence-corrected chi connectivity index (χ2v) is 27.5. The molecule has 0 spiro atoms. The molecule has 0 bridgehead atoms. The van der Waals surface area contributed by atoms with E-state index in [0.29, 0.717) is 31.8 Å². The Bertz CT molecular complexity index is 1880. The van der Waals surface area contributed by atoms with E-state index < -0.39 is 18.0 Å². The number of hydrogen-bond acceptors (Lipinski definition) is 11. The minimum atomic E-state index is -2.50. The van der Waals surface area contributed by atoms with Crippen molar-refractivity contribution in [3.63, 3.8) is 0 Å². The van der Waals surface area contributed by atoms with Gasteiger partial charge in [-0.05, 0) is 122 Å². The summed E-state index contributed by atoms with van der Waals surface area (Å²) in [5.74, 6) is 2.91. The summed E-state index contributed by atoms with van der Waals surface area (Å²) in [5, 5.41) is 11.4. The molecule has 0 aliphatic rings. The van der Waals surface area contributed by atoms with Gasteiger partial charge in [-0.2, -0.15) is 11.8 Å². The number of alkyl halides is 3. The number of esters is 3. The van der Waals surface area contributed by atoms with E-state index in [0.717, 1.165) is 60.0 Å². The molecule has 0 saturated heterocycles. The molecule has 0 heterocycles. The molecule has 2 atom stereocenters. The molecule has 0 aliphatic heterocycles. The lowest BCUT2D eigenvalue weighted by Gasteiger charge is -2.12. The van der Waals surface area contributed by atoms with Crippen LogP contribution in [0.15, 0.2) is 89.8 Å². The van der Waals surface area contributed by atoms with Crippen LogP contribution in [-0.4, -0.2) is 83.3 Å². The number of aliphatic imine (C=N–C) groups is 1. The first-order chi connectivity index (χ1) is 40.4. The van der Waals surface area contributed by atoms with Crippen LogP contribution in [0.25, 0.3) is 0 Å². The number of carbonyl (C=O) groups is 3. The molecule has 528 valence electrons. The Hall–Kier alpha value is -4.11. The minimum absolute atomic E-state index is 0. The third-order valence-corrected chi connectivity index (χ3v) is 13.6. The molecule has 0 saturated carbocycles. The van der Waals surface area contributed by atoms with E-state index >= 15 is 0 Å². The highest BCUT2D eigenvalue weighted by molar-refractivity contribution is 7.99. The molecule has 0 amide bonds. The molecule has 0 N–H and O–H groups in total. The van der Waals surface area contributed by atoms with Crippen LogP contribution in [0.2, 0.25) is 0 Å². The van der Waals surface area contributed by atoms with Crippen molar-refractivity contribution < 1.29 is 46.7 Å². The monoisotopic (exact) mass is 1310 g/mol. The molecule has 89 heavy (non-hydrogen) atoms. The summed E-state index contributed by atoms with van der Waals surface area (Å²) in [7, 11) is 0. The molecule has 0 aromatic heterocycles. The van der Waals surface area contributed by atoms with Crippen molar-refractivity contribution in [2.24, 2.45) is 64.2 Å². The Kier molecular flexibility index (Phi) is 85.4. The van der Waals surface area contributed by atoms with Gasteiger partial charge in [-0.1, -0.05) is 228 Å². The molecular weight excluding hydrogens is 1170 g/mol. The highest BCUT2D eigenvalue weighted by Crippen LogP contribution is 2.23. The molecule has 10 nitrogen and oxygen atoms in total. The van der Waals surface area contributed by atoms with Crippen LogP contribution < -0.4 is 0 Å². The van der Waals surface area contributed by atoms with Gasteiger partial charge in [0.05, 0.1) is 42.1 Å². The number of para-hydroxylation sites is 1. The second kappa shape index (κ2) is 71.3. The average molecular weight is 1310 g/mol. The van der Waals surface area contributed by atoms with Crippen LogP contribution in [0.5, 0.6) is 0 Å². The molecule has 0 aliphatic carbocycles. The summed E-state index contributed by atoms with van der Waals surface area (Å²) in [5.41, 5.74) is 2.22. The van der Waals surface area contributed by atoms with Crippen LogP contribution in [0.4, 0.5) is 18.9 Å². The maximum Gasteiger partial charge on any atom is 0.308 e. The van der Waals surface area contributed by atoms with Crippen molar-refractivity contribution in [1.82, 2.24) is 0 Å². The van der Waals surface area contributed by atoms with Crippen molar-refractivity contribution in [2.75, 3.05) is 31.3 Å². The number of carbonyl (C=O) groups excluding carboxylic acids is 3. The summed E-state index contributed by atoms with van der Waals surface area (Å²) in [6, 6.07) is 17.9. The van der Waals surface area contributed by atoms with Gasteiger partial charge in [-0.3, -0.25) is 29.5 Å². The van der Waals surface area contributed by atoms with Crippen LogP contribution >= 0.6 is 23.5 Å². The maximum atomic E-state index is 11.8. The first-order valence-electron chi connectivity index (χ1n) is 32.1. The molecular formula is C74H141F3N2O8S2. The number of benzene rings is 2. The van der Waals surface area contributed by atoms with E-state index in [1.165, 1.54) is 36.7 Å². The largest absolute Gasteiger partial charge is 0.466 e. The SMILES string of the molecule is C.C=CCC(C)C.C=CCOC(=O)C(C)C.CC(C)=NC(C)C.CC(C)C(C)(F)F.CC(C)C(C)F.CC(C)CSc1ccccc1.CC(C)Cc1ccccc1[N+](=O)[O-].CCC(C)C.CCOC(=O)C(C)C.CCOC(=O)C(C)C.CCSC(C)C(C)C. The van der Waals surface area contributed by atoms with Gasteiger partial charge in [-0.15, -0.1) is 18.3 Å². The first kappa shape index (κ1) is 107. The Labute approximate surface area is 557 Å². The minimum Gasteiger partial charge on any atom is -0.466 e. The summed E-state index contributed by atoms with van der Waals surface area (Å²) < 4.78 is 49.5. The van der Waals surface area contributed by atoms with E-state index in [9.17, 15) is 37.7 Å². The molecule has 0 fully saturated rings. The standard InChI is InChI=1S/C10H13NO2.C10H14S.C7H12O2.C7H16S.C6H13N.2C6H12O2.C6H12.C5H10F2.C5H11F.C5H12.CH4/c1-8(2)7-9-5-3-4-6-10(9)11(12)13;1-9(2)8-11-10-6-4-3-5-7-10;1-4-5-9-7(8)6(2)3;1-5-8-7(4)6(2)3;1-5(2)7-6(3)4;2*1-4-8-6(7)5(2)3;1-4-5-6(2)3;1-4(2)5(3,6)7;1-4(2)5(3)6;1-4-5(2)3;/h3-6,8H,7H2,1-2H3;3-7,9H,8H2,1-2H3;4,6H,1,5H2,2-3H3;6-7H,5H2,1-4H3;5H,1-4H3;2*5H,4H2,1-3H3;4,6H,1,5H2,2-3H3;4H,1-3H3;4-5H,1-3H3;5H,4H2,1-3H3;1H4. The van der Waals surface area contributed by atoms with Gasteiger partial charge in [-0.25, -0.2) is 13.2 Å². The zero-order valence-corrected chi connectivity index (χ0v) is 63.7. The Morgan fingerprint density at radius 3 is 1.20 bits per heavy atom. The molecule has 2 unspecified atom stereocenters. The number of halogens is 3. The van der Waals surface area contributed by atoms with Crippen molar-refractivity contribution in [3.05, 3.63) is 95.6 Å². The highest BCUT2D eigenvalue weighted by atomic mass is 32.2. The molecule has 0 radical (unpaired) electrons. The van der Waals surface area contributed by atoms with E-state index in [1.807, 2.05) is 97.1 Å². The summed E-state index contributed by atoms with van der Waals surface area (Å²) in [6.07, 6.45) is 6.06. The number of nitrogens with zero attached hydrogens (tertiary/aromatic N) is 2. The molecule has 2 aromatic rings. The number of ether oxygens (including phenoxy) is 3. The normalized spacial score (nSPS) is 10.7. The van der Waals surface area contributed by atoms with E-state index in [1.54, 1.807) is 52.8 Å². The lowest BCUT2D eigenvalue weighted by Crippen LogP contribution is -2.17. The zero-order chi connectivity index (χ0) is 71.3. The van der Waals surface area contributed by atoms with E-state index in [2.05, 4.69) is 162 Å². The number of thioether (sulfide) groups is 2. The number of nitro benzene ring substituents is 1. The fourth-order valence-electron chi connectivity index (χ4n) is 4.31. The van der Waals surface area contributed by atoms with E-state index in [4.69, 9.17) is 4.74 Å². The molecule has 15 heteroatoms. The lowest BCUT2D eigenvalue weighted by atomic mass is 10.0. The fraction of sp³-hybridized carbons (Fsp3) is 0.730. The second-order valence-electron chi connectivity index (χ2n) is 24.7. The van der Waals surface area contributed by atoms with E-state index in [-0.39, 0.29) is 59.6 Å². The van der Waals surface area contributed by atoms with Gasteiger partial charge >= 0.3 is 17.9 Å². The molecule has 2 rings (SSSR count). The number of hydrogen-bond donors (Lipinski definition) is 0. The Morgan fingerprint density at radius 2 is 1.00 bits per heavy atom. The lowest BCUT2D eigenvalue weighted by molar-refractivity contribution is -0.385. The Balaban J connectivity index is -0.0000000973. The smallest absolute Gasteiger partial charge is 0.308 e. The van der Waals surface area contributed by atoms with Crippen LogP contribution in [0.3, 0.4) is 0 Å². The van der Waals surface area contributed by atoms with Crippen LogP contribution in [0.1, 0.15) is 240 Å². The third-order valence-electron chi connectivity index (χ3n) is 10.7. The maximum absolute atomic E-state index is 11.8. The van der Waals surface area contributed by atoms with Crippen molar-refractivity contribution in [3.8, 4) is 0 Å². The summed E-state index contributed by atoms with van der Waals surface area (Å²) >= 11 is 3.97. The van der Waals surface area contributed by atoms with Crippen LogP contribution in [-0.2, 0) is 35.0 Å². The predicted molar refractivity (Wildman–Crippen MR) is 391 cm³/mol. The molecule has 2 aromatic carbocycles. The summed E-state index contributed by atoms with van der Waals surface area (Å²) in [4.78, 5) is 47.5. The van der Waals surface area contributed by atoms with Crippen molar-refractivity contribution in [1.29, 1.82) is 0 Å². The topological polar surface area (TPSA) is 134 Å². The number of nitro groups is 1. The number of allylic oxidation sites excluding steroid dienone is 1. The first-order valence-corrected chi connectivity index (χ1v) is 34.2.